The third kappa shape index (κ3) is 3.88. The van der Waals surface area contributed by atoms with Crippen LogP contribution in [-0.2, 0) is 4.74 Å². The van der Waals surface area contributed by atoms with Gasteiger partial charge in [0.2, 0.25) is 5.78 Å². The molecule has 5 heteroatoms. The minimum atomic E-state index is -0.851. The molecule has 0 amide bonds. The Morgan fingerprint density at radius 3 is 2.48 bits per heavy atom. The second kappa shape index (κ2) is 7.49. The molecule has 0 saturated carbocycles. The number of thiophene rings is 1. The number of benzene rings is 2. The molecule has 0 saturated heterocycles. The third-order valence-corrected chi connectivity index (χ3v) is 4.83. The van der Waals surface area contributed by atoms with E-state index in [1.54, 1.807) is 37.3 Å². The van der Waals surface area contributed by atoms with Gasteiger partial charge in [0.1, 0.15) is 10.6 Å². The molecule has 2 aromatic carbocycles. The minimum Gasteiger partial charge on any atom is -0.494 e. The van der Waals surface area contributed by atoms with Crippen molar-refractivity contribution < 1.29 is 19.1 Å². The van der Waals surface area contributed by atoms with Crippen molar-refractivity contribution in [2.75, 3.05) is 6.61 Å². The minimum absolute atomic E-state index is 0.238. The van der Waals surface area contributed by atoms with Crippen molar-refractivity contribution in [1.29, 1.82) is 0 Å². The van der Waals surface area contributed by atoms with Gasteiger partial charge in [-0.15, -0.1) is 11.3 Å². The van der Waals surface area contributed by atoms with Crippen molar-refractivity contribution in [3.8, 4) is 5.75 Å². The quantitative estimate of drug-likeness (QED) is 0.474. The van der Waals surface area contributed by atoms with Crippen molar-refractivity contribution in [1.82, 2.24) is 0 Å². The van der Waals surface area contributed by atoms with E-state index in [4.69, 9.17) is 9.47 Å². The van der Waals surface area contributed by atoms with Gasteiger partial charge in [-0.05, 0) is 55.6 Å². The highest BCUT2D eigenvalue weighted by molar-refractivity contribution is 7.20. The van der Waals surface area contributed by atoms with E-state index in [1.807, 2.05) is 31.2 Å². The lowest BCUT2D eigenvalue weighted by Crippen LogP contribution is -2.24. The maximum Gasteiger partial charge on any atom is 0.349 e. The molecule has 3 aromatic rings. The van der Waals surface area contributed by atoms with Crippen LogP contribution in [0.1, 0.15) is 33.9 Å². The van der Waals surface area contributed by atoms with E-state index in [-0.39, 0.29) is 5.78 Å². The normalized spacial score (nSPS) is 11.9. The molecule has 0 fully saturated rings. The van der Waals surface area contributed by atoms with E-state index in [9.17, 15) is 9.59 Å². The number of hydrogen-bond donors (Lipinski definition) is 0. The maximum atomic E-state index is 12.4. The van der Waals surface area contributed by atoms with Gasteiger partial charge in [0.05, 0.1) is 6.61 Å². The Labute approximate surface area is 150 Å². The van der Waals surface area contributed by atoms with Crippen molar-refractivity contribution in [3.05, 3.63) is 65.0 Å². The summed E-state index contributed by atoms with van der Waals surface area (Å²) in [6.07, 6.45) is -0.851. The maximum absolute atomic E-state index is 12.4. The first-order chi connectivity index (χ1) is 12.1. The van der Waals surface area contributed by atoms with Crippen LogP contribution < -0.4 is 4.74 Å². The van der Waals surface area contributed by atoms with E-state index in [1.165, 1.54) is 11.3 Å². The number of ether oxygens (including phenoxy) is 2. The monoisotopic (exact) mass is 354 g/mol. The van der Waals surface area contributed by atoms with Crippen molar-refractivity contribution in [3.63, 3.8) is 0 Å². The summed E-state index contributed by atoms with van der Waals surface area (Å²) in [4.78, 5) is 25.2. The molecule has 0 aliphatic carbocycles. The molecule has 3 rings (SSSR count). The summed E-state index contributed by atoms with van der Waals surface area (Å²) in [5.74, 6) is -0.0144. The molecule has 0 aliphatic rings. The number of carbonyl (C=O) groups excluding carboxylic acids is 2. The van der Waals surface area contributed by atoms with Gasteiger partial charge in [0.15, 0.2) is 6.10 Å². The molecule has 1 aromatic heterocycles. The van der Waals surface area contributed by atoms with Crippen LogP contribution >= 0.6 is 11.3 Å². The van der Waals surface area contributed by atoms with Crippen LogP contribution in [0.5, 0.6) is 5.75 Å². The van der Waals surface area contributed by atoms with Crippen LogP contribution in [0, 0.1) is 0 Å². The van der Waals surface area contributed by atoms with Gasteiger partial charge in [-0.2, -0.15) is 0 Å². The molecular weight excluding hydrogens is 336 g/mol. The smallest absolute Gasteiger partial charge is 0.349 e. The Balaban J connectivity index is 1.68. The largest absolute Gasteiger partial charge is 0.494 e. The van der Waals surface area contributed by atoms with Crippen LogP contribution in [-0.4, -0.2) is 24.5 Å². The Morgan fingerprint density at radius 1 is 1.08 bits per heavy atom. The summed E-state index contributed by atoms with van der Waals surface area (Å²) < 4.78 is 11.7. The van der Waals surface area contributed by atoms with Crippen LogP contribution in [0.25, 0.3) is 10.1 Å². The predicted octanol–water partition coefficient (Wildman–Crippen LogP) is 4.73. The first-order valence-corrected chi connectivity index (χ1v) is 8.86. The van der Waals surface area contributed by atoms with Crippen molar-refractivity contribution in [2.45, 2.75) is 20.0 Å². The lowest BCUT2D eigenvalue weighted by molar-refractivity contribution is 0.0323. The molecule has 0 aliphatic heterocycles. The van der Waals surface area contributed by atoms with E-state index in [0.717, 1.165) is 10.1 Å². The number of hydrogen-bond acceptors (Lipinski definition) is 5. The highest BCUT2D eigenvalue weighted by Crippen LogP contribution is 2.26. The van der Waals surface area contributed by atoms with Gasteiger partial charge < -0.3 is 9.47 Å². The van der Waals surface area contributed by atoms with Crippen molar-refractivity contribution >= 4 is 33.2 Å². The van der Waals surface area contributed by atoms with Crippen LogP contribution in [0.3, 0.4) is 0 Å². The second-order valence-corrected chi connectivity index (χ2v) is 6.60. The van der Waals surface area contributed by atoms with E-state index >= 15 is 0 Å². The molecular formula is C20H18O4S. The molecule has 128 valence electrons. The highest BCUT2D eigenvalue weighted by atomic mass is 32.1. The van der Waals surface area contributed by atoms with E-state index in [2.05, 4.69) is 0 Å². The van der Waals surface area contributed by atoms with Gasteiger partial charge in [0.25, 0.3) is 0 Å². The summed E-state index contributed by atoms with van der Waals surface area (Å²) in [6, 6.07) is 16.3. The van der Waals surface area contributed by atoms with Crippen molar-refractivity contribution in [2.24, 2.45) is 0 Å². The number of carbonyl (C=O) groups is 2. The second-order valence-electron chi connectivity index (χ2n) is 5.52. The molecule has 0 N–H and O–H groups in total. The summed E-state index contributed by atoms with van der Waals surface area (Å²) in [6.45, 7) is 4.05. The first-order valence-electron chi connectivity index (χ1n) is 8.05. The molecule has 0 spiro atoms. The fourth-order valence-corrected chi connectivity index (χ4v) is 3.42. The predicted molar refractivity (Wildman–Crippen MR) is 98.6 cm³/mol. The molecule has 0 unspecified atom stereocenters. The van der Waals surface area contributed by atoms with Gasteiger partial charge >= 0.3 is 5.97 Å². The Morgan fingerprint density at radius 2 is 1.80 bits per heavy atom. The molecule has 25 heavy (non-hydrogen) atoms. The first kappa shape index (κ1) is 17.2. The summed E-state index contributed by atoms with van der Waals surface area (Å²) >= 11 is 1.36. The molecule has 0 bridgehead atoms. The number of Topliss-reactive ketones (excluding diaryl/α,β-unsaturated/α-hetero) is 1. The zero-order chi connectivity index (χ0) is 17.8. The Kier molecular flexibility index (Phi) is 5.14. The van der Waals surface area contributed by atoms with Gasteiger partial charge in [0, 0.05) is 10.3 Å². The molecule has 0 radical (unpaired) electrons. The number of esters is 1. The molecule has 1 heterocycles. The number of fused-ring (bicyclic) bond motifs is 1. The topological polar surface area (TPSA) is 52.6 Å². The Hall–Kier alpha value is -2.66. The Bertz CT molecular complexity index is 862. The zero-order valence-electron chi connectivity index (χ0n) is 14.0. The SMILES string of the molecule is CCOc1ccc(C(=O)[C@@H](C)OC(=O)c2cc3ccccc3s2)cc1. The summed E-state index contributed by atoms with van der Waals surface area (Å²) in [5, 5.41) is 0.991. The fourth-order valence-electron chi connectivity index (χ4n) is 2.47. The van der Waals surface area contributed by atoms with E-state index in [0.29, 0.717) is 22.8 Å². The average Bonchev–Trinajstić information content (AvgIpc) is 3.06. The standard InChI is InChI=1S/C20H18O4S/c1-3-23-16-10-8-14(9-11-16)19(21)13(2)24-20(22)18-12-15-6-4-5-7-17(15)25-18/h4-13H,3H2,1-2H3/t13-/m1/s1. The van der Waals surface area contributed by atoms with Crippen LogP contribution in [0.4, 0.5) is 0 Å². The van der Waals surface area contributed by atoms with Gasteiger partial charge in [-0.3, -0.25) is 4.79 Å². The lowest BCUT2D eigenvalue weighted by Gasteiger charge is -2.12. The zero-order valence-corrected chi connectivity index (χ0v) is 14.8. The fraction of sp³-hybridized carbons (Fsp3) is 0.200. The average molecular weight is 354 g/mol. The third-order valence-electron chi connectivity index (χ3n) is 3.73. The van der Waals surface area contributed by atoms with E-state index < -0.39 is 12.1 Å². The van der Waals surface area contributed by atoms with Crippen LogP contribution in [0.2, 0.25) is 0 Å². The number of rotatable bonds is 6. The summed E-state index contributed by atoms with van der Waals surface area (Å²) in [7, 11) is 0. The highest BCUT2D eigenvalue weighted by Gasteiger charge is 2.21. The molecule has 1 atom stereocenters. The van der Waals surface area contributed by atoms with Crippen LogP contribution in [0.15, 0.2) is 54.6 Å². The lowest BCUT2D eigenvalue weighted by atomic mass is 10.1. The van der Waals surface area contributed by atoms with Gasteiger partial charge in [-0.25, -0.2) is 4.79 Å². The summed E-state index contributed by atoms with van der Waals surface area (Å²) in [5.41, 5.74) is 0.486. The number of ketones is 1. The molecule has 4 nitrogen and oxygen atoms in total. The van der Waals surface area contributed by atoms with Gasteiger partial charge in [-0.1, -0.05) is 18.2 Å².